The van der Waals surface area contributed by atoms with E-state index < -0.39 is 0 Å². The van der Waals surface area contributed by atoms with Crippen molar-refractivity contribution in [2.24, 2.45) is 0 Å². The molecule has 108 valence electrons. The molecule has 1 N–H and O–H groups in total. The van der Waals surface area contributed by atoms with Gasteiger partial charge < -0.3 is 9.88 Å². The summed E-state index contributed by atoms with van der Waals surface area (Å²) in [6.45, 7) is 8.00. The SMILES string of the molecule is CCNC(CC)c1ccn(Cc2cc(F)ccc2C)c1. The van der Waals surface area contributed by atoms with E-state index in [-0.39, 0.29) is 5.82 Å². The lowest BCUT2D eigenvalue weighted by molar-refractivity contribution is 0.536. The van der Waals surface area contributed by atoms with Crippen LogP contribution in [0.25, 0.3) is 0 Å². The van der Waals surface area contributed by atoms with E-state index in [2.05, 4.69) is 42.2 Å². The summed E-state index contributed by atoms with van der Waals surface area (Å²) in [5.41, 5.74) is 3.45. The summed E-state index contributed by atoms with van der Waals surface area (Å²) >= 11 is 0. The molecule has 0 saturated heterocycles. The molecule has 0 saturated carbocycles. The van der Waals surface area contributed by atoms with E-state index in [9.17, 15) is 4.39 Å². The third-order valence-corrected chi connectivity index (χ3v) is 3.70. The molecule has 0 aliphatic carbocycles. The first-order chi connectivity index (χ1) is 9.63. The zero-order valence-electron chi connectivity index (χ0n) is 12.5. The molecule has 0 amide bonds. The fraction of sp³-hybridized carbons (Fsp3) is 0.412. The van der Waals surface area contributed by atoms with E-state index in [4.69, 9.17) is 0 Å². The number of aryl methyl sites for hydroxylation is 1. The number of hydrogen-bond acceptors (Lipinski definition) is 1. The van der Waals surface area contributed by atoms with Crippen LogP contribution >= 0.6 is 0 Å². The second-order valence-corrected chi connectivity index (χ2v) is 5.21. The molecule has 1 aromatic carbocycles. The first-order valence-electron chi connectivity index (χ1n) is 7.28. The van der Waals surface area contributed by atoms with Gasteiger partial charge in [0.1, 0.15) is 5.82 Å². The maximum atomic E-state index is 13.3. The van der Waals surface area contributed by atoms with E-state index in [0.29, 0.717) is 12.6 Å². The van der Waals surface area contributed by atoms with Gasteiger partial charge in [-0.3, -0.25) is 0 Å². The molecule has 1 heterocycles. The molecule has 2 rings (SSSR count). The molecule has 2 nitrogen and oxygen atoms in total. The van der Waals surface area contributed by atoms with Crippen LogP contribution in [0.1, 0.15) is 43.0 Å². The summed E-state index contributed by atoms with van der Waals surface area (Å²) in [5.74, 6) is -0.169. The van der Waals surface area contributed by atoms with Gasteiger partial charge in [-0.2, -0.15) is 0 Å². The molecule has 20 heavy (non-hydrogen) atoms. The van der Waals surface area contributed by atoms with Gasteiger partial charge in [0, 0.05) is 25.0 Å². The molecule has 0 bridgehead atoms. The van der Waals surface area contributed by atoms with Crippen LogP contribution in [0.5, 0.6) is 0 Å². The number of hydrogen-bond donors (Lipinski definition) is 1. The summed E-state index contributed by atoms with van der Waals surface area (Å²) in [6, 6.07) is 7.51. The highest BCUT2D eigenvalue weighted by molar-refractivity contribution is 5.27. The minimum atomic E-state index is -0.169. The Hall–Kier alpha value is -1.61. The predicted octanol–water partition coefficient (Wildman–Crippen LogP) is 4.04. The second kappa shape index (κ2) is 6.71. The van der Waals surface area contributed by atoms with Crippen LogP contribution in [0.3, 0.4) is 0 Å². The average molecular weight is 274 g/mol. The molecule has 0 aliphatic rings. The normalized spacial score (nSPS) is 12.6. The van der Waals surface area contributed by atoms with Gasteiger partial charge in [0.2, 0.25) is 0 Å². The van der Waals surface area contributed by atoms with E-state index in [1.54, 1.807) is 6.07 Å². The Morgan fingerprint density at radius 2 is 2.05 bits per heavy atom. The van der Waals surface area contributed by atoms with Crippen LogP contribution in [0, 0.1) is 12.7 Å². The van der Waals surface area contributed by atoms with Crippen molar-refractivity contribution in [2.75, 3.05) is 6.54 Å². The first-order valence-corrected chi connectivity index (χ1v) is 7.28. The molecular formula is C17H23FN2. The van der Waals surface area contributed by atoms with Crippen LogP contribution in [-0.4, -0.2) is 11.1 Å². The lowest BCUT2D eigenvalue weighted by Gasteiger charge is -2.14. The van der Waals surface area contributed by atoms with Gasteiger partial charge >= 0.3 is 0 Å². The Morgan fingerprint density at radius 3 is 2.75 bits per heavy atom. The summed E-state index contributed by atoms with van der Waals surface area (Å²) in [5, 5.41) is 3.47. The highest BCUT2D eigenvalue weighted by Crippen LogP contribution is 2.18. The summed E-state index contributed by atoms with van der Waals surface area (Å²) in [7, 11) is 0. The predicted molar refractivity (Wildman–Crippen MR) is 81.4 cm³/mol. The minimum Gasteiger partial charge on any atom is -0.350 e. The van der Waals surface area contributed by atoms with Crippen molar-refractivity contribution in [3.63, 3.8) is 0 Å². The van der Waals surface area contributed by atoms with Gasteiger partial charge in [-0.15, -0.1) is 0 Å². The molecule has 1 atom stereocenters. The smallest absolute Gasteiger partial charge is 0.123 e. The fourth-order valence-corrected chi connectivity index (χ4v) is 2.52. The van der Waals surface area contributed by atoms with Crippen LogP contribution in [0.4, 0.5) is 4.39 Å². The van der Waals surface area contributed by atoms with E-state index in [0.717, 1.165) is 24.1 Å². The lowest BCUT2D eigenvalue weighted by atomic mass is 10.1. The molecule has 0 fully saturated rings. The largest absolute Gasteiger partial charge is 0.350 e. The minimum absolute atomic E-state index is 0.169. The lowest BCUT2D eigenvalue weighted by Crippen LogP contribution is -2.19. The Balaban J connectivity index is 2.14. The molecule has 0 aliphatic heterocycles. The second-order valence-electron chi connectivity index (χ2n) is 5.21. The van der Waals surface area contributed by atoms with Gasteiger partial charge in [0.15, 0.2) is 0 Å². The highest BCUT2D eigenvalue weighted by Gasteiger charge is 2.09. The first kappa shape index (κ1) is 14.8. The van der Waals surface area contributed by atoms with Crippen molar-refractivity contribution in [1.29, 1.82) is 0 Å². The number of aromatic nitrogens is 1. The monoisotopic (exact) mass is 274 g/mol. The molecule has 3 heteroatoms. The van der Waals surface area contributed by atoms with Crippen LogP contribution in [0.2, 0.25) is 0 Å². The van der Waals surface area contributed by atoms with Crippen LogP contribution in [0.15, 0.2) is 36.7 Å². The number of nitrogens with one attached hydrogen (secondary N) is 1. The summed E-state index contributed by atoms with van der Waals surface area (Å²) < 4.78 is 15.4. The van der Waals surface area contributed by atoms with E-state index >= 15 is 0 Å². The zero-order valence-corrected chi connectivity index (χ0v) is 12.5. The number of rotatable bonds is 6. The fourth-order valence-electron chi connectivity index (χ4n) is 2.52. The van der Waals surface area contributed by atoms with Gasteiger partial charge in [0.05, 0.1) is 0 Å². The van der Waals surface area contributed by atoms with Crippen molar-refractivity contribution < 1.29 is 4.39 Å². The topological polar surface area (TPSA) is 17.0 Å². The highest BCUT2D eigenvalue weighted by atomic mass is 19.1. The van der Waals surface area contributed by atoms with Crippen molar-refractivity contribution in [3.8, 4) is 0 Å². The van der Waals surface area contributed by atoms with Gasteiger partial charge in [-0.1, -0.05) is 19.9 Å². The zero-order chi connectivity index (χ0) is 14.5. The molecule has 2 aromatic rings. The number of halogens is 1. The Morgan fingerprint density at radius 1 is 1.25 bits per heavy atom. The van der Waals surface area contributed by atoms with Gasteiger partial charge in [-0.05, 0) is 54.8 Å². The summed E-state index contributed by atoms with van der Waals surface area (Å²) in [4.78, 5) is 0. The van der Waals surface area contributed by atoms with E-state index in [1.165, 1.54) is 11.6 Å². The standard InChI is InChI=1S/C17H23FN2/c1-4-17(19-5-2)14-8-9-20(11-14)12-15-10-16(18)7-6-13(15)3/h6-11,17,19H,4-5,12H2,1-3H3. The Labute approximate surface area is 120 Å². The van der Waals surface area contributed by atoms with Crippen molar-refractivity contribution in [1.82, 2.24) is 9.88 Å². The summed E-state index contributed by atoms with van der Waals surface area (Å²) in [6.07, 6.45) is 5.29. The van der Waals surface area contributed by atoms with Gasteiger partial charge in [-0.25, -0.2) is 4.39 Å². The number of benzene rings is 1. The molecule has 1 unspecified atom stereocenters. The Bertz CT molecular complexity index is 560. The van der Waals surface area contributed by atoms with Crippen molar-refractivity contribution in [3.05, 3.63) is 59.2 Å². The van der Waals surface area contributed by atoms with Gasteiger partial charge in [0.25, 0.3) is 0 Å². The number of nitrogens with zero attached hydrogens (tertiary/aromatic N) is 1. The van der Waals surface area contributed by atoms with Crippen LogP contribution < -0.4 is 5.32 Å². The quantitative estimate of drug-likeness (QED) is 0.841. The maximum Gasteiger partial charge on any atom is 0.123 e. The molecule has 0 spiro atoms. The van der Waals surface area contributed by atoms with Crippen molar-refractivity contribution >= 4 is 0 Å². The van der Waals surface area contributed by atoms with Crippen LogP contribution in [-0.2, 0) is 6.54 Å². The van der Waals surface area contributed by atoms with Crippen molar-refractivity contribution in [2.45, 2.75) is 39.8 Å². The molecule has 0 radical (unpaired) electrons. The third kappa shape index (κ3) is 3.48. The average Bonchev–Trinajstić information content (AvgIpc) is 2.88. The maximum absolute atomic E-state index is 13.3. The molecule has 1 aromatic heterocycles. The molecular weight excluding hydrogens is 251 g/mol. The third-order valence-electron chi connectivity index (χ3n) is 3.70. The Kier molecular flexibility index (Phi) is 4.96. The van der Waals surface area contributed by atoms with E-state index in [1.807, 2.05) is 13.0 Å².